The van der Waals surface area contributed by atoms with Crippen LogP contribution in [0.4, 0.5) is 11.4 Å². The number of amides is 2. The molecule has 0 spiro atoms. The predicted octanol–water partition coefficient (Wildman–Crippen LogP) is 3.67. The summed E-state index contributed by atoms with van der Waals surface area (Å²) in [6.45, 7) is 1.44. The van der Waals surface area contributed by atoms with Gasteiger partial charge in [0.2, 0.25) is 23.5 Å². The van der Waals surface area contributed by atoms with Crippen LogP contribution in [0.3, 0.4) is 0 Å². The Morgan fingerprint density at radius 3 is 2.29 bits per heavy atom. The second kappa shape index (κ2) is 10.2. The number of carbonyl (C=O) groups excluding carboxylic acids is 2. The molecule has 0 aliphatic heterocycles. The van der Waals surface area contributed by atoms with E-state index in [1.54, 1.807) is 50.6 Å². The molecule has 0 bridgehead atoms. The van der Waals surface area contributed by atoms with Crippen LogP contribution in [0.5, 0.6) is 11.5 Å². The zero-order valence-electron chi connectivity index (χ0n) is 17.6. The number of benzene rings is 2. The number of hydrogen-bond donors (Lipinski definition) is 2. The van der Waals surface area contributed by atoms with Crippen LogP contribution >= 0.6 is 0 Å². The Morgan fingerprint density at radius 2 is 1.65 bits per heavy atom. The summed E-state index contributed by atoms with van der Waals surface area (Å²) in [5.74, 6) is 1.83. The number of nitrogens with zero attached hydrogens (tertiary/aromatic N) is 2. The zero-order valence-corrected chi connectivity index (χ0v) is 17.6. The molecular weight excluding hydrogens is 400 g/mol. The van der Waals surface area contributed by atoms with Crippen molar-refractivity contribution in [3.63, 3.8) is 0 Å². The fourth-order valence-electron chi connectivity index (χ4n) is 2.91. The van der Waals surface area contributed by atoms with Gasteiger partial charge in [0.15, 0.2) is 11.5 Å². The highest BCUT2D eigenvalue weighted by Gasteiger charge is 2.13. The van der Waals surface area contributed by atoms with Gasteiger partial charge in [0.1, 0.15) is 0 Å². The van der Waals surface area contributed by atoms with E-state index >= 15 is 0 Å². The SMILES string of the molecule is COc1ccc(-c2noc(CCCC(=O)Nc3ccc(NC(C)=O)cc3)n2)cc1OC. The van der Waals surface area contributed by atoms with Crippen LogP contribution < -0.4 is 20.1 Å². The maximum Gasteiger partial charge on any atom is 0.226 e. The maximum absolute atomic E-state index is 12.1. The normalized spacial score (nSPS) is 10.4. The molecule has 0 unspecified atom stereocenters. The summed E-state index contributed by atoms with van der Waals surface area (Å²) >= 11 is 0. The molecule has 2 N–H and O–H groups in total. The van der Waals surface area contributed by atoms with Crippen molar-refractivity contribution in [3.8, 4) is 22.9 Å². The Labute approximate surface area is 179 Å². The molecule has 0 aliphatic carbocycles. The molecule has 0 aliphatic rings. The fourth-order valence-corrected chi connectivity index (χ4v) is 2.91. The van der Waals surface area contributed by atoms with Gasteiger partial charge in [-0.2, -0.15) is 4.98 Å². The van der Waals surface area contributed by atoms with Crippen molar-refractivity contribution in [3.05, 3.63) is 48.4 Å². The third-order valence-corrected chi connectivity index (χ3v) is 4.39. The highest BCUT2D eigenvalue weighted by Crippen LogP contribution is 2.31. The number of carbonyl (C=O) groups is 2. The van der Waals surface area contributed by atoms with Crippen LogP contribution in [-0.2, 0) is 16.0 Å². The minimum atomic E-state index is -0.146. The molecule has 0 atom stereocenters. The number of anilines is 2. The van der Waals surface area contributed by atoms with E-state index in [4.69, 9.17) is 14.0 Å². The van der Waals surface area contributed by atoms with Crippen molar-refractivity contribution in [2.75, 3.05) is 24.9 Å². The number of rotatable bonds is 9. The summed E-state index contributed by atoms with van der Waals surface area (Å²) in [7, 11) is 3.13. The molecule has 2 amide bonds. The molecule has 31 heavy (non-hydrogen) atoms. The van der Waals surface area contributed by atoms with Gasteiger partial charge in [-0.05, 0) is 48.9 Å². The molecule has 1 heterocycles. The number of aryl methyl sites for hydroxylation is 1. The highest BCUT2D eigenvalue weighted by atomic mass is 16.5. The van der Waals surface area contributed by atoms with Gasteiger partial charge in [-0.3, -0.25) is 9.59 Å². The van der Waals surface area contributed by atoms with E-state index in [2.05, 4.69) is 20.8 Å². The Kier molecular flexibility index (Phi) is 7.21. The molecule has 0 saturated carbocycles. The monoisotopic (exact) mass is 424 g/mol. The zero-order chi connectivity index (χ0) is 22.2. The fraction of sp³-hybridized carbons (Fsp3) is 0.273. The summed E-state index contributed by atoms with van der Waals surface area (Å²) in [5, 5.41) is 9.49. The molecule has 162 valence electrons. The van der Waals surface area contributed by atoms with Crippen molar-refractivity contribution in [1.82, 2.24) is 10.1 Å². The topological polar surface area (TPSA) is 116 Å². The number of methoxy groups -OCH3 is 2. The lowest BCUT2D eigenvalue weighted by molar-refractivity contribution is -0.116. The lowest BCUT2D eigenvalue weighted by atomic mass is 10.2. The van der Waals surface area contributed by atoms with Crippen LogP contribution in [-0.4, -0.2) is 36.2 Å². The van der Waals surface area contributed by atoms with Crippen molar-refractivity contribution < 1.29 is 23.6 Å². The van der Waals surface area contributed by atoms with E-state index in [1.165, 1.54) is 6.92 Å². The molecular formula is C22H24N4O5. The van der Waals surface area contributed by atoms with Crippen LogP contribution in [0.15, 0.2) is 47.0 Å². The van der Waals surface area contributed by atoms with E-state index in [0.29, 0.717) is 53.9 Å². The van der Waals surface area contributed by atoms with Gasteiger partial charge in [-0.15, -0.1) is 0 Å². The molecule has 0 radical (unpaired) electrons. The Hall–Kier alpha value is -3.88. The summed E-state index contributed by atoms with van der Waals surface area (Å²) in [6.07, 6.45) is 1.35. The first-order valence-corrected chi connectivity index (χ1v) is 9.71. The van der Waals surface area contributed by atoms with Gasteiger partial charge in [0, 0.05) is 36.7 Å². The van der Waals surface area contributed by atoms with E-state index in [1.807, 2.05) is 6.07 Å². The van der Waals surface area contributed by atoms with Gasteiger partial charge >= 0.3 is 0 Å². The quantitative estimate of drug-likeness (QED) is 0.538. The lowest BCUT2D eigenvalue weighted by Crippen LogP contribution is -2.11. The Balaban J connectivity index is 1.49. The Bertz CT molecular complexity index is 1050. The van der Waals surface area contributed by atoms with Crippen molar-refractivity contribution in [2.24, 2.45) is 0 Å². The molecule has 3 aromatic rings. The minimum Gasteiger partial charge on any atom is -0.493 e. The van der Waals surface area contributed by atoms with Crippen molar-refractivity contribution in [2.45, 2.75) is 26.2 Å². The summed E-state index contributed by atoms with van der Waals surface area (Å²) < 4.78 is 15.8. The molecule has 1 aromatic heterocycles. The van der Waals surface area contributed by atoms with Gasteiger partial charge in [0.25, 0.3) is 0 Å². The molecule has 2 aromatic carbocycles. The molecule has 9 heteroatoms. The first-order chi connectivity index (χ1) is 15.0. The molecule has 9 nitrogen and oxygen atoms in total. The van der Waals surface area contributed by atoms with Crippen molar-refractivity contribution in [1.29, 1.82) is 0 Å². The van der Waals surface area contributed by atoms with Gasteiger partial charge in [-0.1, -0.05) is 5.16 Å². The van der Waals surface area contributed by atoms with E-state index in [-0.39, 0.29) is 11.8 Å². The van der Waals surface area contributed by atoms with Gasteiger partial charge in [-0.25, -0.2) is 0 Å². The van der Waals surface area contributed by atoms with E-state index in [0.717, 1.165) is 5.56 Å². The summed E-state index contributed by atoms with van der Waals surface area (Å²) in [5.41, 5.74) is 2.08. The first kappa shape index (κ1) is 21.8. The summed E-state index contributed by atoms with van der Waals surface area (Å²) in [6, 6.07) is 12.3. The summed E-state index contributed by atoms with van der Waals surface area (Å²) in [4.78, 5) is 27.6. The van der Waals surface area contributed by atoms with Crippen LogP contribution in [0.25, 0.3) is 11.4 Å². The molecule has 3 rings (SSSR count). The average Bonchev–Trinajstić information content (AvgIpc) is 3.23. The average molecular weight is 424 g/mol. The second-order valence-electron chi connectivity index (χ2n) is 6.74. The highest BCUT2D eigenvalue weighted by molar-refractivity contribution is 5.92. The predicted molar refractivity (Wildman–Crippen MR) is 115 cm³/mol. The Morgan fingerprint density at radius 1 is 0.968 bits per heavy atom. The number of aromatic nitrogens is 2. The van der Waals surface area contributed by atoms with Crippen molar-refractivity contribution >= 4 is 23.2 Å². The first-order valence-electron chi connectivity index (χ1n) is 9.71. The third kappa shape index (κ3) is 6.05. The van der Waals surface area contributed by atoms with Crippen LogP contribution in [0.2, 0.25) is 0 Å². The smallest absolute Gasteiger partial charge is 0.226 e. The van der Waals surface area contributed by atoms with Crippen LogP contribution in [0.1, 0.15) is 25.7 Å². The standard InChI is InChI=1S/C22H24N4O5/c1-14(27)23-16-8-10-17(11-9-16)24-20(28)5-4-6-21-25-22(26-31-21)15-7-12-18(29-2)19(13-15)30-3/h7-13H,4-6H2,1-3H3,(H,23,27)(H,24,28). The van der Waals surface area contributed by atoms with Gasteiger partial charge < -0.3 is 24.6 Å². The minimum absolute atomic E-state index is 0.119. The largest absolute Gasteiger partial charge is 0.493 e. The van der Waals surface area contributed by atoms with E-state index < -0.39 is 0 Å². The van der Waals surface area contributed by atoms with Crippen LogP contribution in [0, 0.1) is 0 Å². The third-order valence-electron chi connectivity index (χ3n) is 4.39. The molecule has 0 saturated heterocycles. The maximum atomic E-state index is 12.1. The number of ether oxygens (including phenoxy) is 2. The second-order valence-corrected chi connectivity index (χ2v) is 6.74. The van der Waals surface area contributed by atoms with E-state index in [9.17, 15) is 9.59 Å². The molecule has 0 fully saturated rings. The number of hydrogen-bond acceptors (Lipinski definition) is 7. The number of nitrogens with one attached hydrogen (secondary N) is 2. The lowest BCUT2D eigenvalue weighted by Gasteiger charge is -2.07. The van der Waals surface area contributed by atoms with Gasteiger partial charge in [0.05, 0.1) is 14.2 Å².